The van der Waals surface area contributed by atoms with Crippen molar-refractivity contribution in [1.82, 2.24) is 14.9 Å². The van der Waals surface area contributed by atoms with Crippen LogP contribution in [-0.4, -0.2) is 55.2 Å². The number of carbonyl (C=O) groups is 1. The van der Waals surface area contributed by atoms with Gasteiger partial charge in [-0.2, -0.15) is 0 Å². The number of aromatic nitrogens is 2. The fourth-order valence-corrected chi connectivity index (χ4v) is 3.28. The van der Waals surface area contributed by atoms with Crippen LogP contribution in [0.25, 0.3) is 0 Å². The molecule has 0 spiro atoms. The first-order valence-electron chi connectivity index (χ1n) is 9.34. The first kappa shape index (κ1) is 19.7. The van der Waals surface area contributed by atoms with Gasteiger partial charge < -0.3 is 24.4 Å². The zero-order valence-corrected chi connectivity index (χ0v) is 16.5. The maximum atomic E-state index is 12.8. The standard InChI is InChI=1S/C20H26N4O4/c1-26-16-10-14(11-17(27-2)19(16)28-3)23-18-12-15(21-13-22-18)20(25)24-8-6-4-5-7-9-24/h10-13H,4-9H2,1-3H3,(H,21,22,23). The van der Waals surface area contributed by atoms with Gasteiger partial charge in [-0.15, -0.1) is 0 Å². The summed E-state index contributed by atoms with van der Waals surface area (Å²) in [5, 5.41) is 3.18. The minimum atomic E-state index is -0.0581. The average molecular weight is 386 g/mol. The molecule has 1 fully saturated rings. The smallest absolute Gasteiger partial charge is 0.272 e. The van der Waals surface area contributed by atoms with E-state index in [2.05, 4.69) is 15.3 Å². The minimum Gasteiger partial charge on any atom is -0.493 e. The lowest BCUT2D eigenvalue weighted by Crippen LogP contribution is -2.32. The molecular formula is C20H26N4O4. The SMILES string of the molecule is COc1cc(Nc2cc(C(=O)N3CCCCCC3)ncn2)cc(OC)c1OC. The maximum Gasteiger partial charge on any atom is 0.272 e. The van der Waals surface area contributed by atoms with Crippen LogP contribution in [0, 0.1) is 0 Å². The highest BCUT2D eigenvalue weighted by Crippen LogP contribution is 2.40. The summed E-state index contributed by atoms with van der Waals surface area (Å²) in [5.41, 5.74) is 1.08. The topological polar surface area (TPSA) is 85.8 Å². The number of likely N-dealkylation sites (tertiary alicyclic amines) is 1. The number of methoxy groups -OCH3 is 3. The molecule has 1 amide bonds. The highest BCUT2D eigenvalue weighted by Gasteiger charge is 2.19. The molecule has 8 nitrogen and oxygen atoms in total. The van der Waals surface area contributed by atoms with Crippen molar-refractivity contribution in [2.24, 2.45) is 0 Å². The van der Waals surface area contributed by atoms with Crippen molar-refractivity contribution in [3.63, 3.8) is 0 Å². The second-order valence-electron chi connectivity index (χ2n) is 6.53. The van der Waals surface area contributed by atoms with E-state index in [-0.39, 0.29) is 5.91 Å². The Labute approximate surface area is 164 Å². The van der Waals surface area contributed by atoms with Crippen molar-refractivity contribution < 1.29 is 19.0 Å². The molecule has 3 rings (SSSR count). The van der Waals surface area contributed by atoms with Crippen LogP contribution in [0.1, 0.15) is 36.2 Å². The van der Waals surface area contributed by atoms with E-state index in [0.29, 0.717) is 34.4 Å². The predicted octanol–water partition coefficient (Wildman–Crippen LogP) is 3.26. The Kier molecular flexibility index (Phi) is 6.52. The molecule has 2 heterocycles. The molecule has 0 bridgehead atoms. The van der Waals surface area contributed by atoms with Crippen molar-refractivity contribution in [1.29, 1.82) is 0 Å². The number of hydrogen-bond acceptors (Lipinski definition) is 7. The molecule has 0 aliphatic carbocycles. The summed E-state index contributed by atoms with van der Waals surface area (Å²) in [7, 11) is 4.67. The van der Waals surface area contributed by atoms with Crippen molar-refractivity contribution in [2.75, 3.05) is 39.7 Å². The summed E-state index contributed by atoms with van der Waals surface area (Å²) < 4.78 is 16.1. The Morgan fingerprint density at radius 2 is 1.57 bits per heavy atom. The lowest BCUT2D eigenvalue weighted by Gasteiger charge is -2.20. The van der Waals surface area contributed by atoms with Crippen molar-refractivity contribution in [2.45, 2.75) is 25.7 Å². The monoisotopic (exact) mass is 386 g/mol. The Morgan fingerprint density at radius 1 is 0.929 bits per heavy atom. The van der Waals surface area contributed by atoms with Crippen LogP contribution in [0.2, 0.25) is 0 Å². The lowest BCUT2D eigenvalue weighted by molar-refractivity contribution is 0.0755. The Bertz CT molecular complexity index is 795. The second-order valence-corrected chi connectivity index (χ2v) is 6.53. The molecule has 1 aliphatic heterocycles. The number of hydrogen-bond donors (Lipinski definition) is 1. The van der Waals surface area contributed by atoms with Gasteiger partial charge in [0.15, 0.2) is 11.5 Å². The van der Waals surface area contributed by atoms with Crippen LogP contribution in [0.15, 0.2) is 24.5 Å². The van der Waals surface area contributed by atoms with Crippen molar-refractivity contribution in [3.05, 3.63) is 30.2 Å². The van der Waals surface area contributed by atoms with E-state index in [9.17, 15) is 4.79 Å². The molecule has 2 aromatic rings. The Hall–Kier alpha value is -3.03. The van der Waals surface area contributed by atoms with Gasteiger partial charge >= 0.3 is 0 Å². The second kappa shape index (κ2) is 9.25. The minimum absolute atomic E-state index is 0.0581. The highest BCUT2D eigenvalue weighted by molar-refractivity contribution is 5.93. The molecule has 0 atom stereocenters. The Balaban J connectivity index is 1.82. The number of amides is 1. The van der Waals surface area contributed by atoms with Crippen molar-refractivity contribution in [3.8, 4) is 17.2 Å². The molecule has 150 valence electrons. The fraction of sp³-hybridized carbons (Fsp3) is 0.450. The molecule has 1 saturated heterocycles. The van der Waals surface area contributed by atoms with Crippen LogP contribution in [0.3, 0.4) is 0 Å². The summed E-state index contributed by atoms with van der Waals surface area (Å²) in [6, 6.07) is 5.22. The normalized spacial score (nSPS) is 14.2. The molecular weight excluding hydrogens is 360 g/mol. The van der Waals surface area contributed by atoms with Crippen LogP contribution in [0.5, 0.6) is 17.2 Å². The number of ether oxygens (including phenoxy) is 3. The summed E-state index contributed by atoms with van der Waals surface area (Å²) >= 11 is 0. The molecule has 0 radical (unpaired) electrons. The largest absolute Gasteiger partial charge is 0.493 e. The third-order valence-electron chi connectivity index (χ3n) is 4.72. The van der Waals surface area contributed by atoms with E-state index in [1.165, 1.54) is 19.2 Å². The van der Waals surface area contributed by atoms with Crippen LogP contribution in [-0.2, 0) is 0 Å². The van der Waals surface area contributed by atoms with E-state index in [4.69, 9.17) is 14.2 Å². The summed E-state index contributed by atoms with van der Waals surface area (Å²) in [6.07, 6.45) is 5.80. The quantitative estimate of drug-likeness (QED) is 0.815. The summed E-state index contributed by atoms with van der Waals surface area (Å²) in [6.45, 7) is 1.55. The maximum absolute atomic E-state index is 12.8. The van der Waals surface area contributed by atoms with Gasteiger partial charge in [-0.25, -0.2) is 9.97 Å². The number of anilines is 2. The first-order chi connectivity index (χ1) is 13.7. The van der Waals surface area contributed by atoms with Crippen molar-refractivity contribution >= 4 is 17.4 Å². The zero-order chi connectivity index (χ0) is 19.9. The summed E-state index contributed by atoms with van der Waals surface area (Å²) in [5.74, 6) is 2.02. The molecule has 0 saturated carbocycles. The van der Waals surface area contributed by atoms with Gasteiger partial charge in [0.2, 0.25) is 5.75 Å². The zero-order valence-electron chi connectivity index (χ0n) is 16.5. The van der Waals surface area contributed by atoms with Gasteiger partial charge in [-0.3, -0.25) is 4.79 Å². The first-order valence-corrected chi connectivity index (χ1v) is 9.34. The van der Waals surface area contributed by atoms with E-state index < -0.39 is 0 Å². The Morgan fingerprint density at radius 3 is 2.14 bits per heavy atom. The van der Waals surface area contributed by atoms with Gasteiger partial charge in [0, 0.05) is 37.0 Å². The third kappa shape index (κ3) is 4.44. The van der Waals surface area contributed by atoms with Crippen LogP contribution < -0.4 is 19.5 Å². The van der Waals surface area contributed by atoms with Gasteiger partial charge in [0.1, 0.15) is 17.8 Å². The highest BCUT2D eigenvalue weighted by atomic mass is 16.5. The number of nitrogens with zero attached hydrogens (tertiary/aromatic N) is 3. The van der Waals surface area contributed by atoms with Gasteiger partial charge in [-0.1, -0.05) is 12.8 Å². The van der Waals surface area contributed by atoms with E-state index in [0.717, 1.165) is 25.9 Å². The fourth-order valence-electron chi connectivity index (χ4n) is 3.28. The van der Waals surface area contributed by atoms with Gasteiger partial charge in [-0.05, 0) is 12.8 Å². The molecule has 8 heteroatoms. The average Bonchev–Trinajstić information content (AvgIpc) is 3.02. The van der Waals surface area contributed by atoms with Gasteiger partial charge in [0.05, 0.1) is 21.3 Å². The van der Waals surface area contributed by atoms with Crippen LogP contribution >= 0.6 is 0 Å². The number of benzene rings is 1. The number of nitrogens with one attached hydrogen (secondary N) is 1. The predicted molar refractivity (Wildman–Crippen MR) is 106 cm³/mol. The molecule has 1 aromatic carbocycles. The summed E-state index contributed by atoms with van der Waals surface area (Å²) in [4.78, 5) is 23.1. The van der Waals surface area contributed by atoms with Gasteiger partial charge in [0.25, 0.3) is 5.91 Å². The van der Waals surface area contributed by atoms with E-state index in [1.54, 1.807) is 39.5 Å². The molecule has 1 N–H and O–H groups in total. The van der Waals surface area contributed by atoms with E-state index >= 15 is 0 Å². The van der Waals surface area contributed by atoms with E-state index in [1.807, 2.05) is 4.90 Å². The molecule has 1 aromatic heterocycles. The third-order valence-corrected chi connectivity index (χ3v) is 4.72. The number of carbonyl (C=O) groups excluding carboxylic acids is 1. The molecule has 28 heavy (non-hydrogen) atoms. The number of rotatable bonds is 6. The molecule has 1 aliphatic rings. The molecule has 0 unspecified atom stereocenters. The lowest BCUT2D eigenvalue weighted by atomic mass is 10.2. The van der Waals surface area contributed by atoms with Crippen LogP contribution in [0.4, 0.5) is 11.5 Å².